The van der Waals surface area contributed by atoms with Crippen molar-refractivity contribution in [1.82, 2.24) is 9.88 Å². The molecule has 1 aromatic carbocycles. The molecule has 0 bridgehead atoms. The number of hydrogen-bond donors (Lipinski definition) is 2. The predicted molar refractivity (Wildman–Crippen MR) is 90.3 cm³/mol. The lowest BCUT2D eigenvalue weighted by Gasteiger charge is -2.13. The van der Waals surface area contributed by atoms with Crippen LogP contribution in [0, 0.1) is 13.8 Å². The number of rotatable bonds is 6. The first-order valence-corrected chi connectivity index (χ1v) is 9.11. The van der Waals surface area contributed by atoms with Crippen LogP contribution in [0.25, 0.3) is 11.3 Å². The summed E-state index contributed by atoms with van der Waals surface area (Å²) in [5.41, 5.74) is 1.75. The van der Waals surface area contributed by atoms with E-state index in [-0.39, 0.29) is 22.9 Å². The number of furan rings is 1. The minimum absolute atomic E-state index is 0.00728. The predicted octanol–water partition coefficient (Wildman–Crippen LogP) is 2.56. The Morgan fingerprint density at radius 1 is 1.20 bits per heavy atom. The molecule has 0 aliphatic carbocycles. The summed E-state index contributed by atoms with van der Waals surface area (Å²) in [5.74, 6) is 0.933. The smallest absolute Gasteiger partial charge is 0.246 e. The largest absolute Gasteiger partial charge is 0.464 e. The molecule has 1 unspecified atom stereocenters. The van der Waals surface area contributed by atoms with Gasteiger partial charge in [0.05, 0.1) is 12.4 Å². The molecule has 8 heteroatoms. The minimum Gasteiger partial charge on any atom is -0.464 e. The van der Waals surface area contributed by atoms with Crippen LogP contribution in [0.1, 0.15) is 23.1 Å². The van der Waals surface area contributed by atoms with Crippen molar-refractivity contribution in [2.45, 2.75) is 24.8 Å². The summed E-state index contributed by atoms with van der Waals surface area (Å²) in [7, 11) is -3.81. The summed E-state index contributed by atoms with van der Waals surface area (Å²) < 4.78 is 37.3. The second-order valence-corrected chi connectivity index (χ2v) is 7.32. The lowest BCUT2D eigenvalue weighted by Crippen LogP contribution is -2.29. The molecular formula is C17H18N2O5S. The monoisotopic (exact) mass is 362 g/mol. The van der Waals surface area contributed by atoms with Gasteiger partial charge in [0.25, 0.3) is 0 Å². The summed E-state index contributed by atoms with van der Waals surface area (Å²) in [6, 6.07) is 10.7. The fourth-order valence-electron chi connectivity index (χ4n) is 2.55. The Bertz CT molecular complexity index is 924. The number of hydrogen-bond acceptors (Lipinski definition) is 6. The standard InChI is InChI=1S/C17H18N2O5S/c1-11-17(12(2)24-19-11)25(21,22)18-10-15(20)13-5-7-14(8-6-13)16-4-3-9-23-16/h3-9,15,18,20H,10H2,1-2H3. The Kier molecular flexibility index (Phi) is 4.76. The number of aromatic nitrogens is 1. The fraction of sp³-hybridized carbons (Fsp3) is 0.235. The van der Waals surface area contributed by atoms with E-state index in [1.54, 1.807) is 43.5 Å². The third-order valence-corrected chi connectivity index (χ3v) is 5.47. The Labute approximate surface area is 145 Å². The van der Waals surface area contributed by atoms with Gasteiger partial charge in [0.2, 0.25) is 10.0 Å². The van der Waals surface area contributed by atoms with Crippen molar-refractivity contribution in [3.05, 3.63) is 59.7 Å². The summed E-state index contributed by atoms with van der Waals surface area (Å²) in [6.07, 6.45) is 0.600. The molecule has 132 valence electrons. The van der Waals surface area contributed by atoms with Crippen LogP contribution in [0.3, 0.4) is 0 Å². The van der Waals surface area contributed by atoms with Crippen LogP contribution in [0.4, 0.5) is 0 Å². The van der Waals surface area contributed by atoms with Gasteiger partial charge in [0.1, 0.15) is 16.3 Å². The number of aryl methyl sites for hydroxylation is 2. The first-order valence-electron chi connectivity index (χ1n) is 7.63. The highest BCUT2D eigenvalue weighted by Crippen LogP contribution is 2.23. The van der Waals surface area contributed by atoms with E-state index in [0.717, 1.165) is 11.3 Å². The Balaban J connectivity index is 1.69. The van der Waals surface area contributed by atoms with Crippen LogP contribution >= 0.6 is 0 Å². The zero-order valence-electron chi connectivity index (χ0n) is 13.8. The Morgan fingerprint density at radius 3 is 2.48 bits per heavy atom. The van der Waals surface area contributed by atoms with E-state index in [1.807, 2.05) is 6.07 Å². The van der Waals surface area contributed by atoms with Gasteiger partial charge in [-0.25, -0.2) is 13.1 Å². The molecule has 0 aliphatic rings. The van der Waals surface area contributed by atoms with E-state index in [9.17, 15) is 13.5 Å². The van der Waals surface area contributed by atoms with Gasteiger partial charge in [-0.3, -0.25) is 0 Å². The van der Waals surface area contributed by atoms with E-state index >= 15 is 0 Å². The van der Waals surface area contributed by atoms with E-state index in [0.29, 0.717) is 5.56 Å². The molecule has 1 atom stereocenters. The highest BCUT2D eigenvalue weighted by molar-refractivity contribution is 7.89. The van der Waals surface area contributed by atoms with Crippen LogP contribution in [0.5, 0.6) is 0 Å². The minimum atomic E-state index is -3.81. The van der Waals surface area contributed by atoms with Crippen molar-refractivity contribution in [2.75, 3.05) is 6.54 Å². The lowest BCUT2D eigenvalue weighted by molar-refractivity contribution is 0.182. The molecule has 0 spiro atoms. The van der Waals surface area contributed by atoms with Crippen LogP contribution < -0.4 is 4.72 Å². The Morgan fingerprint density at radius 2 is 1.92 bits per heavy atom. The average Bonchev–Trinajstić information content (AvgIpc) is 3.23. The Hall–Kier alpha value is -2.42. The number of aliphatic hydroxyl groups is 1. The molecule has 0 aliphatic heterocycles. The molecule has 25 heavy (non-hydrogen) atoms. The van der Waals surface area contributed by atoms with Crippen molar-refractivity contribution in [1.29, 1.82) is 0 Å². The van der Waals surface area contributed by atoms with Gasteiger partial charge >= 0.3 is 0 Å². The molecule has 0 saturated heterocycles. The van der Waals surface area contributed by atoms with Gasteiger partial charge in [-0.05, 0) is 31.5 Å². The van der Waals surface area contributed by atoms with Gasteiger partial charge in [0, 0.05) is 12.1 Å². The first-order chi connectivity index (χ1) is 11.9. The van der Waals surface area contributed by atoms with Crippen LogP contribution in [0.15, 0.2) is 56.5 Å². The maximum Gasteiger partial charge on any atom is 0.246 e. The van der Waals surface area contributed by atoms with E-state index in [2.05, 4.69) is 9.88 Å². The van der Waals surface area contributed by atoms with Crippen molar-refractivity contribution in [3.8, 4) is 11.3 Å². The second-order valence-electron chi connectivity index (χ2n) is 5.62. The topological polar surface area (TPSA) is 106 Å². The molecule has 2 aromatic heterocycles. The third kappa shape index (κ3) is 3.65. The number of sulfonamides is 1. The summed E-state index contributed by atoms with van der Waals surface area (Å²) in [5, 5.41) is 13.9. The molecular weight excluding hydrogens is 344 g/mol. The number of aliphatic hydroxyl groups excluding tert-OH is 1. The number of nitrogens with one attached hydrogen (secondary N) is 1. The molecule has 7 nitrogen and oxygen atoms in total. The molecule has 3 rings (SSSR count). The van der Waals surface area contributed by atoms with Gasteiger partial charge in [0.15, 0.2) is 5.76 Å². The molecule has 2 heterocycles. The number of benzene rings is 1. The molecule has 0 fully saturated rings. The zero-order valence-corrected chi connectivity index (χ0v) is 14.6. The summed E-state index contributed by atoms with van der Waals surface area (Å²) >= 11 is 0. The summed E-state index contributed by atoms with van der Waals surface area (Å²) in [4.78, 5) is 0.00728. The van der Waals surface area contributed by atoms with Crippen molar-refractivity contribution < 1.29 is 22.5 Å². The summed E-state index contributed by atoms with van der Waals surface area (Å²) in [6.45, 7) is 2.92. The lowest BCUT2D eigenvalue weighted by atomic mass is 10.1. The van der Waals surface area contributed by atoms with Gasteiger partial charge < -0.3 is 14.0 Å². The SMILES string of the molecule is Cc1noc(C)c1S(=O)(=O)NCC(O)c1ccc(-c2ccco2)cc1. The van der Waals surface area contributed by atoms with Crippen molar-refractivity contribution >= 4 is 10.0 Å². The third-order valence-electron chi connectivity index (χ3n) is 3.80. The van der Waals surface area contributed by atoms with E-state index < -0.39 is 16.1 Å². The average molecular weight is 362 g/mol. The maximum atomic E-state index is 12.3. The first kappa shape index (κ1) is 17.4. The highest BCUT2D eigenvalue weighted by Gasteiger charge is 2.24. The van der Waals surface area contributed by atoms with Crippen LogP contribution in [-0.4, -0.2) is 25.2 Å². The van der Waals surface area contributed by atoms with Crippen molar-refractivity contribution in [2.24, 2.45) is 0 Å². The molecule has 0 radical (unpaired) electrons. The van der Waals surface area contributed by atoms with Gasteiger partial charge in [-0.2, -0.15) is 0 Å². The molecule has 0 amide bonds. The molecule has 2 N–H and O–H groups in total. The molecule has 3 aromatic rings. The fourth-order valence-corrected chi connectivity index (χ4v) is 3.91. The van der Waals surface area contributed by atoms with E-state index in [1.165, 1.54) is 6.92 Å². The normalized spacial score (nSPS) is 13.1. The van der Waals surface area contributed by atoms with Crippen LogP contribution in [-0.2, 0) is 10.0 Å². The molecule has 0 saturated carbocycles. The highest BCUT2D eigenvalue weighted by atomic mass is 32.2. The van der Waals surface area contributed by atoms with E-state index in [4.69, 9.17) is 8.94 Å². The van der Waals surface area contributed by atoms with Gasteiger partial charge in [-0.1, -0.05) is 29.4 Å². The zero-order chi connectivity index (χ0) is 18.0. The van der Waals surface area contributed by atoms with Crippen LogP contribution in [0.2, 0.25) is 0 Å². The second kappa shape index (κ2) is 6.83. The van der Waals surface area contributed by atoms with Crippen molar-refractivity contribution in [3.63, 3.8) is 0 Å². The maximum absolute atomic E-state index is 12.3. The quantitative estimate of drug-likeness (QED) is 0.698. The number of nitrogens with zero attached hydrogens (tertiary/aromatic N) is 1. The van der Waals surface area contributed by atoms with Gasteiger partial charge in [-0.15, -0.1) is 0 Å².